The maximum Gasteiger partial charge on any atom is 0.221 e. The fraction of sp³-hybridized carbons (Fsp3) is 0.875. The predicted molar refractivity (Wildman–Crippen MR) is 94.9 cm³/mol. The number of carbonyl (C=O) groups excluding carboxylic acids is 2. The molecule has 22 heavy (non-hydrogen) atoms. The molecule has 0 unspecified atom stereocenters. The number of hydrogen-bond acceptors (Lipinski definition) is 4. The molecule has 0 saturated heterocycles. The Bertz CT molecular complexity index is 320. The van der Waals surface area contributed by atoms with Crippen molar-refractivity contribution in [1.82, 2.24) is 10.6 Å². The highest BCUT2D eigenvalue weighted by Crippen LogP contribution is 2.23. The first-order chi connectivity index (χ1) is 10.7. The Hall–Kier alpha value is -0.360. The zero-order chi connectivity index (χ0) is 15.6. The van der Waals surface area contributed by atoms with E-state index in [9.17, 15) is 9.59 Å². The molecule has 0 spiro atoms. The van der Waals surface area contributed by atoms with Crippen LogP contribution in [-0.2, 0) is 9.59 Å². The fourth-order valence-electron chi connectivity index (χ4n) is 3.13. The van der Waals surface area contributed by atoms with Crippen LogP contribution in [0, 0.1) is 0 Å². The molecule has 0 aromatic rings. The van der Waals surface area contributed by atoms with Gasteiger partial charge in [-0.2, -0.15) is 0 Å². The maximum absolute atomic E-state index is 11.7. The van der Waals surface area contributed by atoms with Gasteiger partial charge in [0.2, 0.25) is 11.8 Å². The molecule has 2 aliphatic carbocycles. The van der Waals surface area contributed by atoms with Gasteiger partial charge in [0.25, 0.3) is 0 Å². The van der Waals surface area contributed by atoms with Crippen molar-refractivity contribution >= 4 is 33.4 Å². The molecule has 0 aromatic carbocycles. The van der Waals surface area contributed by atoms with Crippen LogP contribution in [0.5, 0.6) is 0 Å². The summed E-state index contributed by atoms with van der Waals surface area (Å²) < 4.78 is 0. The number of amides is 2. The molecule has 0 radical (unpaired) electrons. The summed E-state index contributed by atoms with van der Waals surface area (Å²) >= 11 is 0. The maximum atomic E-state index is 11.7. The van der Waals surface area contributed by atoms with E-state index < -0.39 is 0 Å². The first-order valence-corrected chi connectivity index (χ1v) is 11.1. The summed E-state index contributed by atoms with van der Waals surface area (Å²) in [6.45, 7) is 0. The van der Waals surface area contributed by atoms with Gasteiger partial charge in [0, 0.05) is 36.4 Å². The molecule has 0 aliphatic heterocycles. The lowest BCUT2D eigenvalue weighted by Crippen LogP contribution is -2.32. The van der Waals surface area contributed by atoms with E-state index in [4.69, 9.17) is 0 Å². The van der Waals surface area contributed by atoms with E-state index in [-0.39, 0.29) is 11.8 Å². The van der Waals surface area contributed by atoms with E-state index in [1.807, 2.05) is 0 Å². The first kappa shape index (κ1) is 18.0. The van der Waals surface area contributed by atoms with Crippen molar-refractivity contribution in [3.8, 4) is 0 Å². The van der Waals surface area contributed by atoms with Gasteiger partial charge in [-0.1, -0.05) is 47.3 Å². The lowest BCUT2D eigenvalue weighted by Gasteiger charge is -2.12. The lowest BCUT2D eigenvalue weighted by molar-refractivity contribution is -0.122. The number of rotatable bonds is 9. The van der Waals surface area contributed by atoms with Crippen molar-refractivity contribution < 1.29 is 9.59 Å². The van der Waals surface area contributed by atoms with Gasteiger partial charge in [-0.05, 0) is 25.7 Å². The highest BCUT2D eigenvalue weighted by molar-refractivity contribution is 8.76. The zero-order valence-corrected chi connectivity index (χ0v) is 14.9. The number of carbonyl (C=O) groups is 2. The standard InChI is InChI=1S/C16H28N2O2S2/c19-15(17-13-5-1-2-6-13)9-11-21-22-12-10-16(20)18-14-7-3-4-8-14/h13-14H,1-12H2,(H,17,19)(H,18,20). The molecule has 0 aromatic heterocycles. The molecule has 0 atom stereocenters. The molecule has 6 heteroatoms. The minimum atomic E-state index is 0.180. The normalized spacial score (nSPS) is 19.5. The summed E-state index contributed by atoms with van der Waals surface area (Å²) in [6, 6.07) is 0.842. The molecule has 4 nitrogen and oxygen atoms in total. The smallest absolute Gasteiger partial charge is 0.221 e. The van der Waals surface area contributed by atoms with Crippen molar-refractivity contribution in [3.05, 3.63) is 0 Å². The number of hydrogen-bond donors (Lipinski definition) is 2. The van der Waals surface area contributed by atoms with Gasteiger partial charge in [-0.3, -0.25) is 9.59 Å². The number of nitrogens with one attached hydrogen (secondary N) is 2. The van der Waals surface area contributed by atoms with Crippen molar-refractivity contribution in [2.45, 2.75) is 76.3 Å². The van der Waals surface area contributed by atoms with Crippen LogP contribution in [0.1, 0.15) is 64.2 Å². The van der Waals surface area contributed by atoms with Gasteiger partial charge >= 0.3 is 0 Å². The van der Waals surface area contributed by atoms with E-state index in [2.05, 4.69) is 10.6 Å². The summed E-state index contributed by atoms with van der Waals surface area (Å²) in [7, 11) is 3.40. The van der Waals surface area contributed by atoms with Gasteiger partial charge in [-0.25, -0.2) is 0 Å². The van der Waals surface area contributed by atoms with E-state index in [0.717, 1.165) is 37.2 Å². The van der Waals surface area contributed by atoms with Gasteiger partial charge in [0.05, 0.1) is 0 Å². The van der Waals surface area contributed by atoms with Crippen LogP contribution in [0.15, 0.2) is 0 Å². The van der Waals surface area contributed by atoms with Gasteiger partial charge in [0.1, 0.15) is 0 Å². The third-order valence-electron chi connectivity index (χ3n) is 4.35. The lowest BCUT2D eigenvalue weighted by atomic mass is 10.2. The van der Waals surface area contributed by atoms with Gasteiger partial charge < -0.3 is 10.6 Å². The second-order valence-corrected chi connectivity index (χ2v) is 8.94. The fourth-order valence-corrected chi connectivity index (χ4v) is 5.11. The van der Waals surface area contributed by atoms with E-state index in [1.54, 1.807) is 21.6 Å². The monoisotopic (exact) mass is 344 g/mol. The Morgan fingerprint density at radius 1 is 0.727 bits per heavy atom. The van der Waals surface area contributed by atoms with Crippen molar-refractivity contribution in [1.29, 1.82) is 0 Å². The summed E-state index contributed by atoms with van der Waals surface area (Å²) in [6.07, 6.45) is 10.7. The second kappa shape index (κ2) is 10.4. The van der Waals surface area contributed by atoms with Crippen LogP contribution in [0.4, 0.5) is 0 Å². The Morgan fingerprint density at radius 2 is 1.09 bits per heavy atom. The summed E-state index contributed by atoms with van der Waals surface area (Å²) in [4.78, 5) is 23.5. The molecule has 2 aliphatic rings. The predicted octanol–water partition coefficient (Wildman–Crippen LogP) is 3.27. The van der Waals surface area contributed by atoms with Crippen LogP contribution >= 0.6 is 21.6 Å². The van der Waals surface area contributed by atoms with Crippen molar-refractivity contribution in [3.63, 3.8) is 0 Å². The molecule has 2 fully saturated rings. The second-order valence-electron chi connectivity index (χ2n) is 6.24. The minimum Gasteiger partial charge on any atom is -0.353 e. The highest BCUT2D eigenvalue weighted by Gasteiger charge is 2.17. The molecular formula is C16H28N2O2S2. The molecule has 2 amide bonds. The summed E-state index contributed by atoms with van der Waals surface area (Å²) in [5.41, 5.74) is 0. The van der Waals surface area contributed by atoms with Crippen molar-refractivity contribution in [2.75, 3.05) is 11.5 Å². The Morgan fingerprint density at radius 3 is 1.45 bits per heavy atom. The molecule has 2 saturated carbocycles. The third-order valence-corrected chi connectivity index (χ3v) is 6.76. The van der Waals surface area contributed by atoms with Crippen LogP contribution in [0.25, 0.3) is 0 Å². The van der Waals surface area contributed by atoms with E-state index >= 15 is 0 Å². The van der Waals surface area contributed by atoms with Crippen LogP contribution < -0.4 is 10.6 Å². The molecule has 2 N–H and O–H groups in total. The van der Waals surface area contributed by atoms with Gasteiger partial charge in [0.15, 0.2) is 0 Å². The molecule has 2 rings (SSSR count). The van der Waals surface area contributed by atoms with Crippen LogP contribution in [-0.4, -0.2) is 35.4 Å². The summed E-state index contributed by atoms with van der Waals surface area (Å²) in [5, 5.41) is 6.21. The quantitative estimate of drug-likeness (QED) is 0.498. The zero-order valence-electron chi connectivity index (χ0n) is 13.3. The largest absolute Gasteiger partial charge is 0.353 e. The Balaban J connectivity index is 1.40. The Kier molecular flexibility index (Phi) is 8.52. The third kappa shape index (κ3) is 7.27. The van der Waals surface area contributed by atoms with Gasteiger partial charge in [-0.15, -0.1) is 0 Å². The minimum absolute atomic E-state index is 0.180. The Labute approximate surface area is 141 Å². The SMILES string of the molecule is O=C(CCSSCCC(=O)NC1CCCC1)NC1CCCC1. The molecule has 0 heterocycles. The average Bonchev–Trinajstić information content (AvgIpc) is 3.16. The average molecular weight is 345 g/mol. The molecule has 126 valence electrons. The molecule has 0 bridgehead atoms. The molecular weight excluding hydrogens is 316 g/mol. The van der Waals surface area contributed by atoms with Crippen molar-refractivity contribution in [2.24, 2.45) is 0 Å². The first-order valence-electron chi connectivity index (χ1n) is 8.57. The summed E-state index contributed by atoms with van der Waals surface area (Å²) in [5.74, 6) is 2.01. The van der Waals surface area contributed by atoms with E-state index in [1.165, 1.54) is 25.7 Å². The van der Waals surface area contributed by atoms with Crippen LogP contribution in [0.2, 0.25) is 0 Å². The van der Waals surface area contributed by atoms with E-state index in [0.29, 0.717) is 24.9 Å². The topological polar surface area (TPSA) is 58.2 Å². The highest BCUT2D eigenvalue weighted by atomic mass is 33.1. The van der Waals surface area contributed by atoms with Crippen LogP contribution in [0.3, 0.4) is 0 Å².